The Hall–Kier alpha value is -0.790. The van der Waals surface area contributed by atoms with Crippen LogP contribution in [0.2, 0.25) is 5.02 Å². The van der Waals surface area contributed by atoms with E-state index in [1.165, 1.54) is 16.7 Å². The summed E-state index contributed by atoms with van der Waals surface area (Å²) < 4.78 is 0. The van der Waals surface area contributed by atoms with Crippen molar-refractivity contribution in [3.63, 3.8) is 0 Å². The number of rotatable bonds is 2. The summed E-state index contributed by atoms with van der Waals surface area (Å²) in [6.45, 7) is 10.7. The van der Waals surface area contributed by atoms with Gasteiger partial charge >= 0.3 is 0 Å². The Morgan fingerprint density at radius 2 is 2.00 bits per heavy atom. The first-order valence-corrected chi connectivity index (χ1v) is 6.84. The lowest BCUT2D eigenvalue weighted by Gasteiger charge is -2.26. The third-order valence-electron chi connectivity index (χ3n) is 3.82. The standard InChI is InChI=1S/C16H21ClN/c1-11-10-16(17)12(2)9-15(11)13(3)14-5-7-18(4)8-6-14/h5,9-10,13H,3,6-8H2,1-2,4H3/t13-/m0/s1. The van der Waals surface area contributed by atoms with Crippen LogP contribution in [-0.4, -0.2) is 25.0 Å². The molecule has 0 bridgehead atoms. The first-order chi connectivity index (χ1) is 8.49. The molecule has 0 spiro atoms. The minimum absolute atomic E-state index is 0.259. The second kappa shape index (κ2) is 5.46. The molecule has 0 N–H and O–H groups in total. The topological polar surface area (TPSA) is 3.24 Å². The largest absolute Gasteiger partial charge is 0.302 e. The van der Waals surface area contributed by atoms with Gasteiger partial charge in [0, 0.05) is 24.0 Å². The molecule has 1 nitrogen and oxygen atoms in total. The highest BCUT2D eigenvalue weighted by Gasteiger charge is 2.17. The number of halogens is 1. The van der Waals surface area contributed by atoms with Crippen LogP contribution in [-0.2, 0) is 0 Å². The van der Waals surface area contributed by atoms with E-state index >= 15 is 0 Å². The van der Waals surface area contributed by atoms with Crippen molar-refractivity contribution in [2.75, 3.05) is 20.1 Å². The van der Waals surface area contributed by atoms with E-state index in [1.807, 2.05) is 0 Å². The lowest BCUT2D eigenvalue weighted by molar-refractivity contribution is 0.355. The van der Waals surface area contributed by atoms with Crippen molar-refractivity contribution in [3.8, 4) is 0 Å². The van der Waals surface area contributed by atoms with Gasteiger partial charge in [-0.3, -0.25) is 0 Å². The van der Waals surface area contributed by atoms with Crippen molar-refractivity contribution in [3.05, 3.63) is 52.4 Å². The van der Waals surface area contributed by atoms with Gasteiger partial charge in [-0.05, 0) is 57.0 Å². The molecule has 0 aliphatic carbocycles. The normalized spacial score (nSPS) is 18.6. The quantitative estimate of drug-likeness (QED) is 0.724. The van der Waals surface area contributed by atoms with Gasteiger partial charge in [-0.15, -0.1) is 0 Å². The molecular formula is C16H21ClN. The van der Waals surface area contributed by atoms with Crippen molar-refractivity contribution in [2.24, 2.45) is 0 Å². The van der Waals surface area contributed by atoms with Crippen LogP contribution in [0, 0.1) is 20.8 Å². The van der Waals surface area contributed by atoms with Gasteiger partial charge in [-0.2, -0.15) is 0 Å². The summed E-state index contributed by atoms with van der Waals surface area (Å²) in [5.41, 5.74) is 5.15. The van der Waals surface area contributed by atoms with E-state index in [0.717, 1.165) is 30.1 Å². The molecule has 97 valence electrons. The van der Waals surface area contributed by atoms with Crippen LogP contribution in [0.25, 0.3) is 0 Å². The Morgan fingerprint density at radius 3 is 2.61 bits per heavy atom. The first-order valence-electron chi connectivity index (χ1n) is 6.46. The van der Waals surface area contributed by atoms with Gasteiger partial charge in [0.2, 0.25) is 0 Å². The highest BCUT2D eigenvalue weighted by atomic mass is 35.5. The maximum Gasteiger partial charge on any atom is 0.0438 e. The number of hydrogen-bond donors (Lipinski definition) is 0. The van der Waals surface area contributed by atoms with E-state index in [9.17, 15) is 0 Å². The second-order valence-electron chi connectivity index (χ2n) is 5.30. The van der Waals surface area contributed by atoms with Crippen LogP contribution < -0.4 is 0 Å². The Bertz CT molecular complexity index is 476. The number of benzene rings is 1. The fourth-order valence-electron chi connectivity index (χ4n) is 2.48. The molecule has 1 radical (unpaired) electrons. The Balaban J connectivity index is 2.29. The number of nitrogens with zero attached hydrogens (tertiary/aromatic N) is 1. The van der Waals surface area contributed by atoms with Gasteiger partial charge in [0.15, 0.2) is 0 Å². The summed E-state index contributed by atoms with van der Waals surface area (Å²) in [5, 5.41) is 0.848. The van der Waals surface area contributed by atoms with E-state index in [4.69, 9.17) is 11.6 Å². The van der Waals surface area contributed by atoms with Crippen molar-refractivity contribution in [1.82, 2.24) is 4.90 Å². The second-order valence-corrected chi connectivity index (χ2v) is 5.71. The lowest BCUT2D eigenvalue weighted by Crippen LogP contribution is -2.25. The van der Waals surface area contributed by atoms with Crippen molar-refractivity contribution in [1.29, 1.82) is 0 Å². The average Bonchev–Trinajstić information content (AvgIpc) is 2.34. The van der Waals surface area contributed by atoms with Gasteiger partial charge in [0.1, 0.15) is 0 Å². The summed E-state index contributed by atoms with van der Waals surface area (Å²) in [4.78, 5) is 2.33. The van der Waals surface area contributed by atoms with Gasteiger partial charge in [0.05, 0.1) is 0 Å². The van der Waals surface area contributed by atoms with Crippen LogP contribution in [0.3, 0.4) is 0 Å². The molecule has 0 saturated carbocycles. The van der Waals surface area contributed by atoms with Crippen LogP contribution in [0.5, 0.6) is 0 Å². The minimum Gasteiger partial charge on any atom is -0.302 e. The van der Waals surface area contributed by atoms with Gasteiger partial charge in [-0.25, -0.2) is 0 Å². The zero-order chi connectivity index (χ0) is 13.3. The fraction of sp³-hybridized carbons (Fsp3) is 0.438. The molecule has 2 rings (SSSR count). The predicted molar refractivity (Wildman–Crippen MR) is 79.2 cm³/mol. The monoisotopic (exact) mass is 262 g/mol. The van der Waals surface area contributed by atoms with Gasteiger partial charge < -0.3 is 4.90 Å². The lowest BCUT2D eigenvalue weighted by atomic mass is 9.86. The maximum atomic E-state index is 6.15. The van der Waals surface area contributed by atoms with Crippen molar-refractivity contribution < 1.29 is 0 Å². The number of aryl methyl sites for hydroxylation is 2. The SMILES string of the molecule is [CH2][C@@H](C1=CCN(C)CC1)c1cc(C)c(Cl)cc1C. The van der Waals surface area contributed by atoms with Crippen molar-refractivity contribution in [2.45, 2.75) is 26.2 Å². The highest BCUT2D eigenvalue weighted by Crippen LogP contribution is 2.32. The first kappa shape index (κ1) is 13.6. The van der Waals surface area contributed by atoms with Crippen LogP contribution in [0.15, 0.2) is 23.8 Å². The minimum atomic E-state index is 0.259. The Kier molecular flexibility index (Phi) is 4.14. The molecule has 18 heavy (non-hydrogen) atoms. The van der Waals surface area contributed by atoms with Gasteiger partial charge in [-0.1, -0.05) is 29.3 Å². The third kappa shape index (κ3) is 2.78. The molecule has 1 aliphatic rings. The molecule has 1 aliphatic heterocycles. The summed E-state index contributed by atoms with van der Waals surface area (Å²) >= 11 is 6.15. The number of likely N-dealkylation sites (N-methyl/N-ethyl adjacent to an activating group) is 1. The summed E-state index contributed by atoms with van der Waals surface area (Å²) in [5.74, 6) is 0.259. The highest BCUT2D eigenvalue weighted by molar-refractivity contribution is 6.31. The van der Waals surface area contributed by atoms with Crippen LogP contribution in [0.1, 0.15) is 29.0 Å². The number of hydrogen-bond acceptors (Lipinski definition) is 1. The predicted octanol–water partition coefficient (Wildman–Crippen LogP) is 4.14. The summed E-state index contributed by atoms with van der Waals surface area (Å²) in [6, 6.07) is 4.24. The van der Waals surface area contributed by atoms with E-state index in [-0.39, 0.29) is 5.92 Å². The van der Waals surface area contributed by atoms with E-state index in [2.05, 4.69) is 50.9 Å². The summed E-state index contributed by atoms with van der Waals surface area (Å²) in [6.07, 6.45) is 3.44. The molecule has 0 aromatic heterocycles. The zero-order valence-corrected chi connectivity index (χ0v) is 12.2. The van der Waals surface area contributed by atoms with Gasteiger partial charge in [0.25, 0.3) is 0 Å². The molecule has 0 fully saturated rings. The smallest absolute Gasteiger partial charge is 0.0438 e. The maximum absolute atomic E-state index is 6.15. The molecule has 1 atom stereocenters. The van der Waals surface area contributed by atoms with Crippen molar-refractivity contribution >= 4 is 11.6 Å². The van der Waals surface area contributed by atoms with Crippen LogP contribution >= 0.6 is 11.6 Å². The van der Waals surface area contributed by atoms with E-state index in [0.29, 0.717) is 0 Å². The summed E-state index contributed by atoms with van der Waals surface area (Å²) in [7, 11) is 2.16. The average molecular weight is 263 g/mol. The van der Waals surface area contributed by atoms with E-state index in [1.54, 1.807) is 0 Å². The molecular weight excluding hydrogens is 242 g/mol. The molecule has 2 heteroatoms. The zero-order valence-electron chi connectivity index (χ0n) is 11.5. The molecule has 0 unspecified atom stereocenters. The Morgan fingerprint density at radius 1 is 1.28 bits per heavy atom. The molecule has 0 saturated heterocycles. The molecule has 0 amide bonds. The van der Waals surface area contributed by atoms with E-state index < -0.39 is 0 Å². The molecule has 1 aromatic carbocycles. The molecule has 1 aromatic rings. The molecule has 1 heterocycles. The fourth-order valence-corrected chi connectivity index (χ4v) is 2.70. The third-order valence-corrected chi connectivity index (χ3v) is 4.22. The van der Waals surface area contributed by atoms with Crippen LogP contribution in [0.4, 0.5) is 0 Å². The Labute approximate surface area is 115 Å².